The lowest BCUT2D eigenvalue weighted by Crippen LogP contribution is -2.66. The maximum Gasteiger partial charge on any atom is 0.333 e. The zero-order valence-corrected chi connectivity index (χ0v) is 51.1. The average Bonchev–Trinajstić information content (AvgIpc) is 1.60. The topological polar surface area (TPSA) is 421 Å². The Morgan fingerprint density at radius 1 is 0.632 bits per heavy atom. The second-order valence-corrected chi connectivity index (χ2v) is 28.2. The lowest BCUT2D eigenvalue weighted by atomic mass is 9.73. The minimum atomic E-state index is -5.26. The lowest BCUT2D eigenvalue weighted by molar-refractivity contribution is -0.437. The van der Waals surface area contributed by atoms with Crippen LogP contribution in [-0.2, 0) is 85.2 Å². The standard InChI is InChI=1S/C54H61N3O25S5/c1-5-55-40-11-9-34-36(26-32(84(66,67)68)28-42(34)86(72,73)74)49(40)53(2,15-7-25-83(63,64)65)44(55)30-38-51(61)39(52(38)62)31-45-54(3,16-18-79-21-22-81-24-23-80-20-19-78-4)50-37-27-33(85(69,70)71)29-43(87(75,76)77)35(37)10-12-41(50)56(45)17-6-8-48(60)82-57-46(58)13-14-47(57)59/h9-14,26-31,44H,5-8,15-25H2,1-4H3,(H6,61,62,63,64,65,66,67,68,69,70,71,72,73,74,75,76,77)/p+1. The molecule has 0 fully saturated rings. The van der Waals surface area contributed by atoms with Crippen molar-refractivity contribution in [2.24, 2.45) is 0 Å². The largest absolute Gasteiger partial charge is 0.492 e. The second-order valence-electron chi connectivity index (χ2n) is 21.0. The van der Waals surface area contributed by atoms with E-state index in [1.165, 1.54) is 43.5 Å². The van der Waals surface area contributed by atoms with Crippen LogP contribution in [0.25, 0.3) is 33.7 Å². The molecule has 2 aliphatic heterocycles. The van der Waals surface area contributed by atoms with Crippen molar-refractivity contribution in [3.63, 3.8) is 0 Å². The van der Waals surface area contributed by atoms with Gasteiger partial charge in [-0.2, -0.15) is 46.7 Å². The van der Waals surface area contributed by atoms with Crippen LogP contribution in [0.15, 0.2) is 89.8 Å². The number of fused-ring (bicyclic) bond motifs is 6. The van der Waals surface area contributed by atoms with Gasteiger partial charge >= 0.3 is 5.97 Å². The molecule has 0 saturated carbocycles. The van der Waals surface area contributed by atoms with E-state index in [9.17, 15) is 89.4 Å². The fraction of sp³-hybridized carbons (Fsp3) is 0.407. The highest BCUT2D eigenvalue weighted by Crippen LogP contribution is 2.53. The normalized spacial score (nSPS) is 18.3. The van der Waals surface area contributed by atoms with E-state index in [2.05, 4.69) is 0 Å². The molecule has 3 unspecified atom stereocenters. The molecule has 3 atom stereocenters. The average molecular weight is 1310 g/mol. The van der Waals surface area contributed by atoms with E-state index in [0.717, 1.165) is 24.3 Å². The molecule has 0 saturated heterocycles. The Balaban J connectivity index is 1.32. The highest BCUT2D eigenvalue weighted by Gasteiger charge is 2.51. The summed E-state index contributed by atoms with van der Waals surface area (Å²) >= 11 is 0. The molecule has 0 amide bonds. The maximum atomic E-state index is 14.9. The minimum absolute atomic E-state index is 0.00393. The number of likely N-dealkylation sites (N-methyl/N-ethyl adjacent to an activating group) is 1. The number of ether oxygens (including phenoxy) is 4. The molecule has 7 N–H and O–H groups in total. The predicted octanol–water partition coefficient (Wildman–Crippen LogP) is 1.76. The number of aromatic hydroxyl groups is 2. The van der Waals surface area contributed by atoms with Gasteiger partial charge in [-0.15, -0.1) is 4.73 Å². The minimum Gasteiger partial charge on any atom is -0.492 e. The van der Waals surface area contributed by atoms with Crippen molar-refractivity contribution in [2.75, 3.05) is 77.1 Å². The maximum absolute atomic E-state index is 14.9. The van der Waals surface area contributed by atoms with Crippen molar-refractivity contribution in [1.29, 1.82) is 0 Å². The molecule has 0 spiro atoms. The second kappa shape index (κ2) is 25.1. The van der Waals surface area contributed by atoms with Gasteiger partial charge in [-0.1, -0.05) is 13.0 Å². The van der Waals surface area contributed by atoms with Crippen molar-refractivity contribution >= 4 is 107 Å². The number of benzene rings is 4. The van der Waals surface area contributed by atoms with Gasteiger partial charge < -0.3 is 38.9 Å². The lowest BCUT2D eigenvalue weighted by Gasteiger charge is -2.35. The van der Waals surface area contributed by atoms with Crippen molar-refractivity contribution in [3.05, 3.63) is 103 Å². The summed E-state index contributed by atoms with van der Waals surface area (Å²) in [5, 5.41) is 18.7. The molecule has 0 aliphatic carbocycles. The van der Waals surface area contributed by atoms with E-state index in [1.807, 2.05) is 0 Å². The first-order chi connectivity index (χ1) is 40.6. The zero-order valence-electron chi connectivity index (χ0n) is 47.0. The van der Waals surface area contributed by atoms with Crippen LogP contribution in [0.3, 0.4) is 0 Å². The summed E-state index contributed by atoms with van der Waals surface area (Å²) in [4.78, 5) is 46.2. The number of rotatable bonds is 28. The number of carbonyl (C=O) groups is 1. The van der Waals surface area contributed by atoms with Crippen LogP contribution in [0.4, 0.5) is 11.4 Å². The van der Waals surface area contributed by atoms with Crippen molar-refractivity contribution in [2.45, 2.75) is 89.3 Å². The van der Waals surface area contributed by atoms with Gasteiger partial charge in [0.25, 0.3) is 50.6 Å². The van der Waals surface area contributed by atoms with Crippen molar-refractivity contribution in [3.8, 4) is 11.8 Å². The van der Waals surface area contributed by atoms with E-state index in [4.69, 9.17) is 23.8 Å². The molecular formula is C54H62N3O25S5+. The van der Waals surface area contributed by atoms with E-state index < -0.39 is 138 Å². The smallest absolute Gasteiger partial charge is 0.333 e. The number of aromatic nitrogens is 1. The van der Waals surface area contributed by atoms with Crippen LogP contribution in [-0.4, -0.2) is 174 Å². The van der Waals surface area contributed by atoms with Gasteiger partial charge in [0, 0.05) is 78.4 Å². The first-order valence-corrected chi connectivity index (χ1v) is 34.0. The van der Waals surface area contributed by atoms with Gasteiger partial charge in [-0.3, -0.25) is 32.4 Å². The molecule has 28 nitrogen and oxygen atoms in total. The molecule has 3 heterocycles. The Bertz CT molecular complexity index is 4520. The first-order valence-electron chi connectivity index (χ1n) is 26.6. The summed E-state index contributed by atoms with van der Waals surface area (Å²) in [6.07, 6.45) is 1.39. The summed E-state index contributed by atoms with van der Waals surface area (Å²) in [7, 11) is -24.0. The third-order valence-corrected chi connectivity index (χ3v) is 19.8. The third kappa shape index (κ3) is 13.7. The molecule has 0 radical (unpaired) electrons. The summed E-state index contributed by atoms with van der Waals surface area (Å²) in [6, 6.07) is 9.40. The Morgan fingerprint density at radius 2 is 1.15 bits per heavy atom. The van der Waals surface area contributed by atoms with Crippen LogP contribution < -0.4 is 31.0 Å². The molecule has 6 aromatic rings. The number of hydrogen-bond donors (Lipinski definition) is 7. The van der Waals surface area contributed by atoms with Gasteiger partial charge in [0.1, 0.15) is 16.3 Å². The van der Waals surface area contributed by atoms with Crippen molar-refractivity contribution in [1.82, 2.24) is 4.73 Å². The molecule has 87 heavy (non-hydrogen) atoms. The van der Waals surface area contributed by atoms with Crippen LogP contribution in [0.5, 0.6) is 11.8 Å². The summed E-state index contributed by atoms with van der Waals surface area (Å²) < 4.78 is 202. The van der Waals surface area contributed by atoms with E-state index in [0.29, 0.717) is 30.1 Å². The fourth-order valence-electron chi connectivity index (χ4n) is 11.6. The Labute approximate surface area is 498 Å². The van der Waals surface area contributed by atoms with Gasteiger partial charge in [0.15, 0.2) is 5.71 Å². The number of nitrogens with zero attached hydrogens (tertiary/aromatic N) is 3. The summed E-state index contributed by atoms with van der Waals surface area (Å²) in [5.74, 6) is -3.00. The van der Waals surface area contributed by atoms with Crippen LogP contribution >= 0.6 is 0 Å². The van der Waals surface area contributed by atoms with Gasteiger partial charge in [-0.05, 0) is 91.9 Å². The number of anilines is 1. The first kappa shape index (κ1) is 66.4. The molecule has 2 aliphatic rings. The Morgan fingerprint density at radius 3 is 1.66 bits per heavy atom. The van der Waals surface area contributed by atoms with Crippen LogP contribution in [0, 0.1) is 0 Å². The Kier molecular flexibility index (Phi) is 19.2. The monoisotopic (exact) mass is 1310 g/mol. The molecular weight excluding hydrogens is 1250 g/mol. The summed E-state index contributed by atoms with van der Waals surface area (Å²) in [6.45, 7) is 5.80. The molecule has 8 rings (SSSR count). The van der Waals surface area contributed by atoms with Gasteiger partial charge in [0.05, 0.1) is 83.5 Å². The zero-order chi connectivity index (χ0) is 64.0. The molecule has 33 heteroatoms. The highest BCUT2D eigenvalue weighted by atomic mass is 32.2. The predicted molar refractivity (Wildman–Crippen MR) is 311 cm³/mol. The van der Waals surface area contributed by atoms with E-state index >= 15 is 0 Å². The van der Waals surface area contributed by atoms with Gasteiger partial charge in [0.2, 0.25) is 28.3 Å². The van der Waals surface area contributed by atoms with E-state index in [1.54, 1.807) is 30.2 Å². The third-order valence-electron chi connectivity index (χ3n) is 15.5. The molecule has 472 valence electrons. The number of carbonyl (C=O) groups excluding carboxylic acids is 1. The van der Waals surface area contributed by atoms with Crippen LogP contribution in [0.2, 0.25) is 0 Å². The number of hydrogen-bond acceptors (Lipinski definition) is 21. The fourth-order valence-corrected chi connectivity index (χ4v) is 14.7. The molecule has 0 bridgehead atoms. The highest BCUT2D eigenvalue weighted by molar-refractivity contribution is 7.87. The van der Waals surface area contributed by atoms with E-state index in [-0.39, 0.29) is 122 Å². The van der Waals surface area contributed by atoms with Gasteiger partial charge in [-0.25, -0.2) is 4.79 Å². The molecule has 1 aromatic heterocycles. The summed E-state index contributed by atoms with van der Waals surface area (Å²) in [5.41, 5.74) is -3.94. The van der Waals surface area contributed by atoms with Crippen molar-refractivity contribution < 1.29 is 108 Å². The Hall–Kier alpha value is -6.57. The quantitative estimate of drug-likeness (QED) is 0.0209. The van der Waals surface area contributed by atoms with Crippen LogP contribution in [0.1, 0.15) is 64.0 Å². The molecule has 5 aromatic carbocycles. The SMILES string of the molecule is CCN1c2ccc3c(S(=O)(=O)O)cc(S(=O)(=O)O)cc3c2C(C)(CCCS(=O)(=O)O)C1C=c1c(=O)c(=CC2=[N+](CCCC(=O)On3c(O)ccc3O)c3ccc4c(S(=O)(=O)O)cc(S(=O)(=O)O)cc4c3C2(C)CCOCCOCCOCCOC)c1=O. The number of methoxy groups -OCH3 is 1.